The minimum Gasteiger partial charge on any atom is -0.368 e. The van der Waals surface area contributed by atoms with E-state index in [1.807, 2.05) is 0 Å². The third-order valence-electron chi connectivity index (χ3n) is 7.09. The summed E-state index contributed by atoms with van der Waals surface area (Å²) in [5.74, 6) is 3.67. The smallest absolute Gasteiger partial charge is 0.222 e. The molecule has 1 aromatic heterocycles. The van der Waals surface area contributed by atoms with Crippen LogP contribution in [-0.2, 0) is 6.42 Å². The summed E-state index contributed by atoms with van der Waals surface area (Å²) in [5, 5.41) is 3.74. The van der Waals surface area contributed by atoms with Crippen molar-refractivity contribution in [2.75, 3.05) is 11.1 Å². The maximum atomic E-state index is 6.12. The number of benzene rings is 1. The lowest BCUT2D eigenvalue weighted by molar-refractivity contribution is 0.189. The van der Waals surface area contributed by atoms with Gasteiger partial charge >= 0.3 is 0 Å². The Bertz CT molecular complexity index is 792. The van der Waals surface area contributed by atoms with Gasteiger partial charge in [-0.2, -0.15) is 4.98 Å². The van der Waals surface area contributed by atoms with Crippen LogP contribution in [0.25, 0.3) is 0 Å². The number of fused-ring (bicyclic) bond motifs is 1. The maximum Gasteiger partial charge on any atom is 0.222 e. The molecule has 142 valence electrons. The topological polar surface area (TPSA) is 63.8 Å². The van der Waals surface area contributed by atoms with Crippen LogP contribution in [0.5, 0.6) is 0 Å². The fraction of sp³-hybridized carbons (Fsp3) is 0.565. The fourth-order valence-electron chi connectivity index (χ4n) is 5.59. The van der Waals surface area contributed by atoms with Gasteiger partial charge in [0.05, 0.1) is 5.69 Å². The monoisotopic (exact) mass is 362 g/mol. The first-order chi connectivity index (χ1) is 13.3. The van der Waals surface area contributed by atoms with Gasteiger partial charge in [0, 0.05) is 17.5 Å². The average molecular weight is 363 g/mol. The Morgan fingerprint density at radius 2 is 1.67 bits per heavy atom. The zero-order valence-corrected chi connectivity index (χ0v) is 16.0. The molecule has 0 spiro atoms. The van der Waals surface area contributed by atoms with E-state index < -0.39 is 0 Å². The summed E-state index contributed by atoms with van der Waals surface area (Å²) in [6, 6.07) is 11.3. The quantitative estimate of drug-likeness (QED) is 0.811. The molecule has 0 radical (unpaired) electrons. The lowest BCUT2D eigenvalue weighted by Crippen LogP contribution is -2.39. The zero-order chi connectivity index (χ0) is 18.2. The molecular formula is C23H30N4. The minimum absolute atomic E-state index is 0.341. The van der Waals surface area contributed by atoms with E-state index >= 15 is 0 Å². The number of nitrogens with two attached hydrogens (primary N) is 1. The number of nitrogen functional groups attached to an aromatic ring is 1. The van der Waals surface area contributed by atoms with Crippen LogP contribution in [0.2, 0.25) is 0 Å². The Balaban J connectivity index is 1.36. The van der Waals surface area contributed by atoms with Gasteiger partial charge in [0.1, 0.15) is 5.82 Å². The molecule has 2 fully saturated rings. The van der Waals surface area contributed by atoms with Crippen LogP contribution in [0.4, 0.5) is 11.8 Å². The Kier molecular flexibility index (Phi) is 4.50. The maximum absolute atomic E-state index is 6.12. The predicted molar refractivity (Wildman–Crippen MR) is 110 cm³/mol. The SMILES string of the molecule is Nc1nc(NC2CC(C3CCCC3)C2)c2c(n1)C(c1ccccc1)CCC2. The van der Waals surface area contributed by atoms with Gasteiger partial charge in [0.2, 0.25) is 5.95 Å². The number of anilines is 2. The van der Waals surface area contributed by atoms with E-state index in [1.165, 1.54) is 56.1 Å². The van der Waals surface area contributed by atoms with Gasteiger partial charge in [-0.25, -0.2) is 4.98 Å². The van der Waals surface area contributed by atoms with Gasteiger partial charge < -0.3 is 11.1 Å². The number of nitrogens with zero attached hydrogens (tertiary/aromatic N) is 2. The van der Waals surface area contributed by atoms with E-state index in [4.69, 9.17) is 5.73 Å². The molecule has 1 aromatic carbocycles. The van der Waals surface area contributed by atoms with Crippen LogP contribution in [0.15, 0.2) is 30.3 Å². The number of aromatic nitrogens is 2. The molecule has 4 heteroatoms. The number of rotatable bonds is 4. The Morgan fingerprint density at radius 3 is 2.44 bits per heavy atom. The van der Waals surface area contributed by atoms with Gasteiger partial charge in [0.25, 0.3) is 0 Å². The third kappa shape index (κ3) is 3.30. The Morgan fingerprint density at radius 1 is 0.889 bits per heavy atom. The summed E-state index contributed by atoms with van der Waals surface area (Å²) >= 11 is 0. The molecule has 2 saturated carbocycles. The molecule has 3 aliphatic rings. The van der Waals surface area contributed by atoms with E-state index in [0.29, 0.717) is 17.9 Å². The van der Waals surface area contributed by atoms with Crippen molar-refractivity contribution < 1.29 is 0 Å². The summed E-state index contributed by atoms with van der Waals surface area (Å²) < 4.78 is 0. The molecule has 0 amide bonds. The van der Waals surface area contributed by atoms with Crippen LogP contribution in [-0.4, -0.2) is 16.0 Å². The van der Waals surface area contributed by atoms with Crippen LogP contribution < -0.4 is 11.1 Å². The highest BCUT2D eigenvalue weighted by Gasteiger charge is 2.37. The highest BCUT2D eigenvalue weighted by molar-refractivity contribution is 5.54. The Hall–Kier alpha value is -2.10. The molecule has 2 aromatic rings. The second-order valence-corrected chi connectivity index (χ2v) is 8.77. The van der Waals surface area contributed by atoms with Crippen LogP contribution in [0.3, 0.4) is 0 Å². The molecule has 5 rings (SSSR count). The summed E-state index contributed by atoms with van der Waals surface area (Å²) in [7, 11) is 0. The molecule has 3 N–H and O–H groups in total. The molecule has 1 unspecified atom stereocenters. The normalized spacial score (nSPS) is 27.8. The summed E-state index contributed by atoms with van der Waals surface area (Å²) in [5.41, 5.74) is 9.91. The van der Waals surface area contributed by atoms with Gasteiger partial charge in [-0.3, -0.25) is 0 Å². The summed E-state index contributed by atoms with van der Waals surface area (Å²) in [6.07, 6.45) is 11.8. The summed E-state index contributed by atoms with van der Waals surface area (Å²) in [4.78, 5) is 9.30. The van der Waals surface area contributed by atoms with Crippen molar-refractivity contribution in [1.82, 2.24) is 9.97 Å². The highest BCUT2D eigenvalue weighted by atomic mass is 15.1. The van der Waals surface area contributed by atoms with E-state index in [0.717, 1.165) is 36.2 Å². The molecule has 0 saturated heterocycles. The highest BCUT2D eigenvalue weighted by Crippen LogP contribution is 2.44. The minimum atomic E-state index is 0.341. The molecule has 3 aliphatic carbocycles. The second kappa shape index (κ2) is 7.14. The van der Waals surface area contributed by atoms with Crippen molar-refractivity contribution in [3.8, 4) is 0 Å². The third-order valence-corrected chi connectivity index (χ3v) is 7.09. The van der Waals surface area contributed by atoms with E-state index in [2.05, 4.69) is 45.6 Å². The summed E-state index contributed by atoms with van der Waals surface area (Å²) in [6.45, 7) is 0. The van der Waals surface area contributed by atoms with Crippen molar-refractivity contribution in [1.29, 1.82) is 0 Å². The van der Waals surface area contributed by atoms with Crippen LogP contribution in [0.1, 0.15) is 74.1 Å². The van der Waals surface area contributed by atoms with E-state index in [9.17, 15) is 0 Å². The van der Waals surface area contributed by atoms with Crippen LogP contribution in [0, 0.1) is 11.8 Å². The van der Waals surface area contributed by atoms with Crippen molar-refractivity contribution >= 4 is 11.8 Å². The molecule has 27 heavy (non-hydrogen) atoms. The molecule has 4 nitrogen and oxygen atoms in total. The van der Waals surface area contributed by atoms with Crippen molar-refractivity contribution in [2.45, 2.75) is 69.7 Å². The molecule has 0 aliphatic heterocycles. The van der Waals surface area contributed by atoms with Gasteiger partial charge in [0.15, 0.2) is 0 Å². The van der Waals surface area contributed by atoms with Crippen molar-refractivity contribution in [2.24, 2.45) is 11.8 Å². The molecule has 1 heterocycles. The first-order valence-corrected chi connectivity index (χ1v) is 10.8. The first kappa shape index (κ1) is 17.0. The lowest BCUT2D eigenvalue weighted by atomic mass is 9.71. The van der Waals surface area contributed by atoms with Gasteiger partial charge in [-0.15, -0.1) is 0 Å². The number of nitrogens with one attached hydrogen (secondary N) is 1. The largest absolute Gasteiger partial charge is 0.368 e. The van der Waals surface area contributed by atoms with E-state index in [-0.39, 0.29) is 0 Å². The Labute approximate surface area is 162 Å². The fourth-order valence-corrected chi connectivity index (χ4v) is 5.59. The number of hydrogen-bond acceptors (Lipinski definition) is 4. The molecule has 0 bridgehead atoms. The first-order valence-electron chi connectivity index (χ1n) is 10.8. The van der Waals surface area contributed by atoms with Crippen LogP contribution >= 0.6 is 0 Å². The molecule has 1 atom stereocenters. The number of hydrogen-bond donors (Lipinski definition) is 2. The average Bonchev–Trinajstić information content (AvgIpc) is 3.18. The molecular weight excluding hydrogens is 332 g/mol. The predicted octanol–water partition coefficient (Wildman–Crippen LogP) is 4.91. The van der Waals surface area contributed by atoms with Gasteiger partial charge in [-0.05, 0) is 49.5 Å². The van der Waals surface area contributed by atoms with Gasteiger partial charge in [-0.1, -0.05) is 56.0 Å². The lowest BCUT2D eigenvalue weighted by Gasteiger charge is -2.40. The zero-order valence-electron chi connectivity index (χ0n) is 16.0. The van der Waals surface area contributed by atoms with Crippen molar-refractivity contribution in [3.05, 3.63) is 47.2 Å². The standard InChI is InChI=1S/C23H30N4/c24-23-26-21-19(16-9-2-1-3-10-16)11-6-12-20(21)22(27-23)25-18-13-17(14-18)15-7-4-5-8-15/h1-3,9-10,15,17-19H,4-8,11-14H2,(H3,24,25,26,27). The second-order valence-electron chi connectivity index (χ2n) is 8.77. The van der Waals surface area contributed by atoms with E-state index in [1.54, 1.807) is 0 Å². The van der Waals surface area contributed by atoms with Crippen molar-refractivity contribution in [3.63, 3.8) is 0 Å².